The largest absolute Gasteiger partial charge is 0.364 e. The number of carbonyl (C=O) groups excluding carboxylic acids is 1. The third-order valence-corrected chi connectivity index (χ3v) is 4.23. The van der Waals surface area contributed by atoms with Gasteiger partial charge in [0, 0.05) is 29.4 Å². The van der Waals surface area contributed by atoms with Crippen LogP contribution >= 0.6 is 11.3 Å². The Morgan fingerprint density at radius 3 is 2.81 bits per heavy atom. The molecule has 0 bridgehead atoms. The average Bonchev–Trinajstić information content (AvgIpc) is 2.92. The van der Waals surface area contributed by atoms with Gasteiger partial charge in [-0.15, -0.1) is 11.3 Å². The van der Waals surface area contributed by atoms with Crippen LogP contribution in [0.15, 0.2) is 34.6 Å². The molecule has 0 saturated carbocycles. The molecular formula is C15H19N3O2S. The fourth-order valence-electron chi connectivity index (χ4n) is 2.05. The molecule has 0 spiro atoms. The number of aryl methyl sites for hydroxylation is 1. The highest BCUT2D eigenvalue weighted by atomic mass is 32.1. The minimum atomic E-state index is -0.348. The van der Waals surface area contributed by atoms with Crippen LogP contribution in [0.1, 0.15) is 27.0 Å². The molecule has 2 N–H and O–H groups in total. The third kappa shape index (κ3) is 3.80. The van der Waals surface area contributed by atoms with Crippen LogP contribution in [0.25, 0.3) is 0 Å². The Hall–Kier alpha value is -1.92. The summed E-state index contributed by atoms with van der Waals surface area (Å²) < 4.78 is 0. The molecule has 6 heteroatoms. The van der Waals surface area contributed by atoms with Crippen LogP contribution in [0, 0.1) is 6.92 Å². The first-order valence-electron chi connectivity index (χ1n) is 6.66. The Morgan fingerprint density at radius 2 is 2.24 bits per heavy atom. The summed E-state index contributed by atoms with van der Waals surface area (Å²) in [5, 5.41) is 4.85. The molecule has 2 heterocycles. The molecule has 0 saturated heterocycles. The van der Waals surface area contributed by atoms with Crippen molar-refractivity contribution in [2.45, 2.75) is 13.0 Å². The van der Waals surface area contributed by atoms with E-state index < -0.39 is 0 Å². The number of thiophene rings is 1. The van der Waals surface area contributed by atoms with Gasteiger partial charge in [0.25, 0.3) is 5.91 Å². The Kier molecular flexibility index (Phi) is 4.93. The number of H-pyrrole nitrogens is 1. The lowest BCUT2D eigenvalue weighted by molar-refractivity contribution is 0.0941. The predicted octanol–water partition coefficient (Wildman–Crippen LogP) is 1.78. The minimum Gasteiger partial charge on any atom is -0.364 e. The van der Waals surface area contributed by atoms with Gasteiger partial charge in [-0.05, 0) is 32.5 Å². The maximum atomic E-state index is 12.1. The Labute approximate surface area is 127 Å². The van der Waals surface area contributed by atoms with Crippen LogP contribution in [-0.4, -0.2) is 36.4 Å². The van der Waals surface area contributed by atoms with Crippen molar-refractivity contribution >= 4 is 17.2 Å². The number of rotatable bonds is 5. The maximum Gasteiger partial charge on any atom is 0.256 e. The van der Waals surface area contributed by atoms with Gasteiger partial charge in [-0.25, -0.2) is 0 Å². The second-order valence-electron chi connectivity index (χ2n) is 5.10. The van der Waals surface area contributed by atoms with E-state index in [1.807, 2.05) is 36.5 Å². The third-order valence-electron chi connectivity index (χ3n) is 3.25. The predicted molar refractivity (Wildman–Crippen MR) is 84.9 cm³/mol. The number of pyridine rings is 1. The number of likely N-dealkylation sites (N-methyl/N-ethyl adjacent to an activating group) is 1. The Morgan fingerprint density at radius 1 is 1.48 bits per heavy atom. The first-order valence-corrected chi connectivity index (χ1v) is 7.54. The zero-order chi connectivity index (χ0) is 15.4. The van der Waals surface area contributed by atoms with Crippen molar-refractivity contribution in [2.24, 2.45) is 0 Å². The van der Waals surface area contributed by atoms with E-state index in [0.717, 1.165) is 5.69 Å². The summed E-state index contributed by atoms with van der Waals surface area (Å²) in [5.74, 6) is -0.348. The molecule has 0 aromatic carbocycles. The molecule has 0 radical (unpaired) electrons. The monoisotopic (exact) mass is 305 g/mol. The van der Waals surface area contributed by atoms with Crippen LogP contribution in [0.3, 0.4) is 0 Å². The van der Waals surface area contributed by atoms with Crippen molar-refractivity contribution in [3.8, 4) is 0 Å². The molecule has 1 amide bonds. The Bertz CT molecular complexity index is 662. The van der Waals surface area contributed by atoms with Crippen molar-refractivity contribution in [3.63, 3.8) is 0 Å². The average molecular weight is 305 g/mol. The topological polar surface area (TPSA) is 65.2 Å². The van der Waals surface area contributed by atoms with Gasteiger partial charge in [0.05, 0.1) is 6.04 Å². The number of carbonyl (C=O) groups is 1. The molecule has 112 valence electrons. The standard InChI is InChI=1S/C15H19N3O2S/c1-10-7-13(19)11(8-16-10)15(20)17-9-12(18(2)3)14-5-4-6-21-14/h4-8,12H,9H2,1-3H3,(H,16,19)(H,17,20). The van der Waals surface area contributed by atoms with Crippen LogP contribution in [0.5, 0.6) is 0 Å². The van der Waals surface area contributed by atoms with Crippen LogP contribution in [0.2, 0.25) is 0 Å². The summed E-state index contributed by atoms with van der Waals surface area (Å²) >= 11 is 1.65. The van der Waals surface area contributed by atoms with Crippen LogP contribution < -0.4 is 10.7 Å². The summed E-state index contributed by atoms with van der Waals surface area (Å²) in [7, 11) is 3.93. The highest BCUT2D eigenvalue weighted by Crippen LogP contribution is 2.22. The molecule has 0 aliphatic rings. The van der Waals surface area contributed by atoms with E-state index in [9.17, 15) is 9.59 Å². The van der Waals surface area contributed by atoms with Crippen molar-refractivity contribution < 1.29 is 4.79 Å². The smallest absolute Gasteiger partial charge is 0.256 e. The number of amides is 1. The van der Waals surface area contributed by atoms with Gasteiger partial charge >= 0.3 is 0 Å². The van der Waals surface area contributed by atoms with Crippen LogP contribution in [-0.2, 0) is 0 Å². The summed E-state index contributed by atoms with van der Waals surface area (Å²) in [6.07, 6.45) is 1.46. The minimum absolute atomic E-state index is 0.0958. The number of nitrogens with one attached hydrogen (secondary N) is 2. The quantitative estimate of drug-likeness (QED) is 0.885. The number of nitrogens with zero attached hydrogens (tertiary/aromatic N) is 1. The summed E-state index contributed by atoms with van der Waals surface area (Å²) in [5.41, 5.74) is 0.617. The van der Waals surface area contributed by atoms with E-state index in [-0.39, 0.29) is 22.9 Å². The van der Waals surface area contributed by atoms with Crippen LogP contribution in [0.4, 0.5) is 0 Å². The van der Waals surface area contributed by atoms with Gasteiger partial charge in [-0.1, -0.05) is 6.07 Å². The summed E-state index contributed by atoms with van der Waals surface area (Å²) in [6, 6.07) is 5.55. The summed E-state index contributed by atoms with van der Waals surface area (Å²) in [6.45, 7) is 2.24. The molecule has 1 atom stereocenters. The zero-order valence-electron chi connectivity index (χ0n) is 12.3. The van der Waals surface area contributed by atoms with E-state index in [1.165, 1.54) is 17.1 Å². The highest BCUT2D eigenvalue weighted by Gasteiger charge is 2.17. The van der Waals surface area contributed by atoms with E-state index >= 15 is 0 Å². The molecule has 0 aliphatic heterocycles. The normalized spacial score (nSPS) is 12.4. The summed E-state index contributed by atoms with van der Waals surface area (Å²) in [4.78, 5) is 30.0. The zero-order valence-corrected chi connectivity index (χ0v) is 13.2. The molecule has 2 aromatic heterocycles. The van der Waals surface area contributed by atoms with E-state index in [0.29, 0.717) is 6.54 Å². The van der Waals surface area contributed by atoms with Crippen molar-refractivity contribution in [1.29, 1.82) is 0 Å². The lowest BCUT2D eigenvalue weighted by Crippen LogP contribution is -2.36. The first kappa shape index (κ1) is 15.5. The molecule has 0 aliphatic carbocycles. The molecule has 21 heavy (non-hydrogen) atoms. The fourth-order valence-corrected chi connectivity index (χ4v) is 2.98. The maximum absolute atomic E-state index is 12.1. The van der Waals surface area contributed by atoms with Crippen molar-refractivity contribution in [2.75, 3.05) is 20.6 Å². The number of hydrogen-bond acceptors (Lipinski definition) is 4. The fraction of sp³-hybridized carbons (Fsp3) is 0.333. The van der Waals surface area contributed by atoms with Gasteiger partial charge in [0.2, 0.25) is 0 Å². The Balaban J connectivity index is 2.07. The van der Waals surface area contributed by atoms with Gasteiger partial charge in [-0.2, -0.15) is 0 Å². The molecule has 0 fully saturated rings. The number of aromatic amines is 1. The first-order chi connectivity index (χ1) is 9.99. The second kappa shape index (κ2) is 6.69. The van der Waals surface area contributed by atoms with Gasteiger partial charge in [-0.3, -0.25) is 9.59 Å². The highest BCUT2D eigenvalue weighted by molar-refractivity contribution is 7.10. The van der Waals surface area contributed by atoms with E-state index in [1.54, 1.807) is 18.3 Å². The van der Waals surface area contributed by atoms with Crippen molar-refractivity contribution in [1.82, 2.24) is 15.2 Å². The van der Waals surface area contributed by atoms with Crippen molar-refractivity contribution in [3.05, 3.63) is 56.1 Å². The van der Waals surface area contributed by atoms with E-state index in [4.69, 9.17) is 0 Å². The molecule has 5 nitrogen and oxygen atoms in total. The lowest BCUT2D eigenvalue weighted by atomic mass is 10.2. The van der Waals surface area contributed by atoms with Gasteiger partial charge in [0.15, 0.2) is 5.43 Å². The second-order valence-corrected chi connectivity index (χ2v) is 6.08. The number of hydrogen-bond donors (Lipinski definition) is 2. The molecule has 1 unspecified atom stereocenters. The van der Waals surface area contributed by atoms with Gasteiger partial charge in [0.1, 0.15) is 5.56 Å². The lowest BCUT2D eigenvalue weighted by Gasteiger charge is -2.23. The molecule has 2 rings (SSSR count). The molecular weight excluding hydrogens is 286 g/mol. The SMILES string of the molecule is Cc1cc(=O)c(C(=O)NCC(c2cccs2)N(C)C)c[nH]1. The van der Waals surface area contributed by atoms with E-state index in [2.05, 4.69) is 10.3 Å². The molecule has 2 aromatic rings. The number of aromatic nitrogens is 1. The van der Waals surface area contributed by atoms with Gasteiger partial charge < -0.3 is 15.2 Å².